The second-order valence-electron chi connectivity index (χ2n) is 6.98. The molecule has 0 heterocycles. The van der Waals surface area contributed by atoms with E-state index in [4.69, 9.17) is 11.6 Å². The molecule has 0 saturated heterocycles. The molecule has 1 atom stereocenters. The lowest BCUT2D eigenvalue weighted by molar-refractivity contribution is -0.132. The Morgan fingerprint density at radius 1 is 1.04 bits per heavy atom. The highest BCUT2D eigenvalue weighted by Gasteiger charge is 2.21. The van der Waals surface area contributed by atoms with E-state index in [0.717, 1.165) is 16.8 Å². The van der Waals surface area contributed by atoms with Crippen LogP contribution in [0.2, 0.25) is 5.02 Å². The molecule has 0 radical (unpaired) electrons. The van der Waals surface area contributed by atoms with Gasteiger partial charge in [0.2, 0.25) is 11.8 Å². The van der Waals surface area contributed by atoms with Gasteiger partial charge in [0, 0.05) is 44.8 Å². The molecule has 5 nitrogen and oxygen atoms in total. The maximum atomic E-state index is 12.9. The quantitative estimate of drug-likeness (QED) is 0.726. The fourth-order valence-corrected chi connectivity index (χ4v) is 3.12. The minimum absolute atomic E-state index is 0.00659. The summed E-state index contributed by atoms with van der Waals surface area (Å²) >= 11 is 5.96. The Hall–Kier alpha value is -2.53. The van der Waals surface area contributed by atoms with E-state index in [-0.39, 0.29) is 24.3 Å². The van der Waals surface area contributed by atoms with E-state index >= 15 is 0 Å². The molecule has 0 saturated carbocycles. The van der Waals surface area contributed by atoms with Crippen molar-refractivity contribution in [2.45, 2.75) is 32.9 Å². The van der Waals surface area contributed by atoms with Gasteiger partial charge in [0.1, 0.15) is 0 Å². The van der Waals surface area contributed by atoms with Crippen LogP contribution in [0.25, 0.3) is 0 Å². The zero-order valence-electron chi connectivity index (χ0n) is 16.9. The van der Waals surface area contributed by atoms with E-state index in [1.54, 1.807) is 17.0 Å². The van der Waals surface area contributed by atoms with Crippen molar-refractivity contribution in [3.05, 3.63) is 64.7 Å². The molecule has 28 heavy (non-hydrogen) atoms. The molecule has 0 aliphatic heterocycles. The number of carbonyl (C=O) groups excluding carboxylic acids is 2. The Morgan fingerprint density at radius 3 is 2.14 bits per heavy atom. The van der Waals surface area contributed by atoms with Crippen LogP contribution < -0.4 is 10.2 Å². The normalized spacial score (nSPS) is 11.6. The van der Waals surface area contributed by atoms with Gasteiger partial charge in [-0.2, -0.15) is 0 Å². The van der Waals surface area contributed by atoms with Crippen LogP contribution in [-0.4, -0.2) is 37.4 Å². The van der Waals surface area contributed by atoms with Gasteiger partial charge in [-0.25, -0.2) is 0 Å². The highest BCUT2D eigenvalue weighted by Crippen LogP contribution is 2.21. The smallest absolute Gasteiger partial charge is 0.225 e. The van der Waals surface area contributed by atoms with Crippen LogP contribution in [0.15, 0.2) is 48.5 Å². The van der Waals surface area contributed by atoms with E-state index in [1.807, 2.05) is 62.3 Å². The summed E-state index contributed by atoms with van der Waals surface area (Å²) in [4.78, 5) is 28.4. The number of nitrogens with one attached hydrogen (secondary N) is 1. The first-order valence-electron chi connectivity index (χ1n) is 9.36. The standard InChI is InChI=1S/C22H28ClN3O2/c1-5-26(15-17-6-12-20(13-7-17)25(3)4)22(28)14-21(24-16(2)27)18-8-10-19(23)11-9-18/h6-13,21H,5,14-15H2,1-4H3,(H,24,27). The fraction of sp³-hybridized carbons (Fsp3) is 0.364. The Labute approximate surface area is 172 Å². The largest absolute Gasteiger partial charge is 0.378 e. The minimum atomic E-state index is -0.382. The Balaban J connectivity index is 2.10. The summed E-state index contributed by atoms with van der Waals surface area (Å²) in [6.07, 6.45) is 0.199. The molecule has 0 aromatic heterocycles. The second kappa shape index (κ2) is 10.1. The number of hydrogen-bond donors (Lipinski definition) is 1. The van der Waals surface area contributed by atoms with Crippen LogP contribution in [0, 0.1) is 0 Å². The third-order valence-electron chi connectivity index (χ3n) is 4.59. The number of anilines is 1. The van der Waals surface area contributed by atoms with Gasteiger partial charge in [-0.15, -0.1) is 0 Å². The zero-order chi connectivity index (χ0) is 20.7. The van der Waals surface area contributed by atoms with Crippen molar-refractivity contribution in [1.82, 2.24) is 10.2 Å². The molecule has 0 fully saturated rings. The molecule has 2 aromatic rings. The van der Waals surface area contributed by atoms with Crippen molar-refractivity contribution in [1.29, 1.82) is 0 Å². The van der Waals surface area contributed by atoms with E-state index in [0.29, 0.717) is 18.1 Å². The van der Waals surface area contributed by atoms with Crippen LogP contribution in [0.5, 0.6) is 0 Å². The first kappa shape index (κ1) is 21.8. The van der Waals surface area contributed by atoms with Crippen molar-refractivity contribution < 1.29 is 9.59 Å². The second-order valence-corrected chi connectivity index (χ2v) is 7.41. The SMILES string of the molecule is CCN(Cc1ccc(N(C)C)cc1)C(=O)CC(NC(C)=O)c1ccc(Cl)cc1. The number of carbonyl (C=O) groups is 2. The van der Waals surface area contributed by atoms with Gasteiger partial charge >= 0.3 is 0 Å². The Bertz CT molecular complexity index is 788. The Morgan fingerprint density at radius 2 is 1.64 bits per heavy atom. The molecule has 1 N–H and O–H groups in total. The van der Waals surface area contributed by atoms with Crippen LogP contribution >= 0.6 is 11.6 Å². The third-order valence-corrected chi connectivity index (χ3v) is 4.84. The van der Waals surface area contributed by atoms with Gasteiger partial charge in [-0.3, -0.25) is 9.59 Å². The molecule has 6 heteroatoms. The van der Waals surface area contributed by atoms with Gasteiger partial charge in [0.05, 0.1) is 12.5 Å². The van der Waals surface area contributed by atoms with Gasteiger partial charge in [0.25, 0.3) is 0 Å². The lowest BCUT2D eigenvalue weighted by atomic mass is 10.0. The zero-order valence-corrected chi connectivity index (χ0v) is 17.7. The lowest BCUT2D eigenvalue weighted by Crippen LogP contribution is -2.35. The molecule has 0 aliphatic carbocycles. The average molecular weight is 402 g/mol. The van der Waals surface area contributed by atoms with Crippen LogP contribution in [0.3, 0.4) is 0 Å². The molecule has 150 valence electrons. The third kappa shape index (κ3) is 6.27. The van der Waals surface area contributed by atoms with E-state index < -0.39 is 0 Å². The molecule has 0 bridgehead atoms. The van der Waals surface area contributed by atoms with Crippen LogP contribution in [0.1, 0.15) is 37.4 Å². The molecular weight excluding hydrogens is 374 g/mol. The number of halogens is 1. The van der Waals surface area contributed by atoms with Crippen molar-refractivity contribution in [3.63, 3.8) is 0 Å². The molecular formula is C22H28ClN3O2. The number of rotatable bonds is 8. The Kier molecular flexibility index (Phi) is 7.88. The molecule has 2 amide bonds. The molecule has 2 aromatic carbocycles. The maximum Gasteiger partial charge on any atom is 0.225 e. The van der Waals surface area contributed by atoms with Crippen LogP contribution in [-0.2, 0) is 16.1 Å². The minimum Gasteiger partial charge on any atom is -0.378 e. The summed E-state index contributed by atoms with van der Waals surface area (Å²) < 4.78 is 0. The topological polar surface area (TPSA) is 52.6 Å². The lowest BCUT2D eigenvalue weighted by Gasteiger charge is -2.25. The van der Waals surface area contributed by atoms with Crippen molar-refractivity contribution in [3.8, 4) is 0 Å². The monoisotopic (exact) mass is 401 g/mol. The van der Waals surface area contributed by atoms with E-state index in [1.165, 1.54) is 6.92 Å². The summed E-state index contributed by atoms with van der Waals surface area (Å²) in [5, 5.41) is 3.49. The van der Waals surface area contributed by atoms with E-state index in [2.05, 4.69) is 5.32 Å². The van der Waals surface area contributed by atoms with Gasteiger partial charge in [-0.05, 0) is 42.3 Å². The van der Waals surface area contributed by atoms with Crippen molar-refractivity contribution in [2.75, 3.05) is 25.5 Å². The van der Waals surface area contributed by atoms with Gasteiger partial charge in [0.15, 0.2) is 0 Å². The van der Waals surface area contributed by atoms with Gasteiger partial charge in [-0.1, -0.05) is 35.9 Å². The van der Waals surface area contributed by atoms with Crippen molar-refractivity contribution >= 4 is 29.1 Å². The highest BCUT2D eigenvalue weighted by atomic mass is 35.5. The predicted octanol–water partition coefficient (Wildman–Crippen LogP) is 4.02. The van der Waals surface area contributed by atoms with Crippen molar-refractivity contribution in [2.24, 2.45) is 0 Å². The summed E-state index contributed by atoms with van der Waals surface area (Å²) in [6, 6.07) is 15.0. The maximum absolute atomic E-state index is 12.9. The van der Waals surface area contributed by atoms with Gasteiger partial charge < -0.3 is 15.1 Å². The van der Waals surface area contributed by atoms with Crippen LogP contribution in [0.4, 0.5) is 5.69 Å². The molecule has 0 spiro atoms. The number of benzene rings is 2. The average Bonchev–Trinajstić information content (AvgIpc) is 2.66. The first-order chi connectivity index (χ1) is 13.3. The fourth-order valence-electron chi connectivity index (χ4n) is 2.99. The summed E-state index contributed by atoms with van der Waals surface area (Å²) in [7, 11) is 3.99. The molecule has 2 rings (SSSR count). The predicted molar refractivity (Wildman–Crippen MR) is 114 cm³/mol. The number of nitrogens with zero attached hydrogens (tertiary/aromatic N) is 2. The summed E-state index contributed by atoms with van der Waals surface area (Å²) in [5.74, 6) is -0.178. The van der Waals surface area contributed by atoms with E-state index in [9.17, 15) is 9.59 Å². The first-order valence-corrected chi connectivity index (χ1v) is 9.74. The number of hydrogen-bond acceptors (Lipinski definition) is 3. The molecule has 1 unspecified atom stereocenters. The highest BCUT2D eigenvalue weighted by molar-refractivity contribution is 6.30. The summed E-state index contributed by atoms with van der Waals surface area (Å²) in [6.45, 7) is 4.55. The number of amides is 2. The molecule has 0 aliphatic rings. The summed E-state index contributed by atoms with van der Waals surface area (Å²) in [5.41, 5.74) is 3.05.